The molecule has 1 heterocycles. The van der Waals surface area contributed by atoms with Crippen LogP contribution >= 0.6 is 12.2 Å². The Kier molecular flexibility index (Phi) is 3.84. The van der Waals surface area contributed by atoms with Gasteiger partial charge < -0.3 is 5.73 Å². The first-order valence-electron chi connectivity index (χ1n) is 5.80. The molecule has 5 nitrogen and oxygen atoms in total. The van der Waals surface area contributed by atoms with Crippen molar-refractivity contribution in [3.05, 3.63) is 24.3 Å². The van der Waals surface area contributed by atoms with Gasteiger partial charge in [0.2, 0.25) is 10.0 Å². The lowest BCUT2D eigenvalue weighted by Crippen LogP contribution is -2.54. The molecule has 1 aliphatic rings. The molecule has 0 spiro atoms. The number of halogens is 1. The number of nitrogens with two attached hydrogens (primary N) is 1. The highest BCUT2D eigenvalue weighted by molar-refractivity contribution is 7.89. The molecule has 2 rings (SSSR count). The standard InChI is InChI=1S/C11H14FN3O2S2/c12-8-5-9(7-14-6-8)19(16,17)15-11(10(13)18)3-1-2-4-11/h5-7,15H,1-4H2,(H2,13,18). The van der Waals surface area contributed by atoms with Crippen molar-refractivity contribution in [3.8, 4) is 0 Å². The fourth-order valence-electron chi connectivity index (χ4n) is 2.23. The van der Waals surface area contributed by atoms with Crippen molar-refractivity contribution < 1.29 is 12.8 Å². The maximum atomic E-state index is 13.1. The minimum Gasteiger partial charge on any atom is -0.392 e. The van der Waals surface area contributed by atoms with Gasteiger partial charge in [0.15, 0.2) is 0 Å². The Bertz CT molecular complexity index is 598. The normalized spacial score (nSPS) is 18.4. The number of nitrogens with one attached hydrogen (secondary N) is 1. The summed E-state index contributed by atoms with van der Waals surface area (Å²) in [5.41, 5.74) is 4.76. The van der Waals surface area contributed by atoms with Crippen molar-refractivity contribution in [2.24, 2.45) is 5.73 Å². The summed E-state index contributed by atoms with van der Waals surface area (Å²) in [5.74, 6) is -0.710. The van der Waals surface area contributed by atoms with E-state index >= 15 is 0 Å². The molecule has 0 radical (unpaired) electrons. The molecule has 0 bridgehead atoms. The van der Waals surface area contributed by atoms with Gasteiger partial charge in [-0.3, -0.25) is 4.98 Å². The van der Waals surface area contributed by atoms with Gasteiger partial charge in [0.1, 0.15) is 10.7 Å². The third-order valence-corrected chi connectivity index (χ3v) is 5.14. The van der Waals surface area contributed by atoms with E-state index in [1.807, 2.05) is 0 Å². The molecule has 0 aliphatic heterocycles. The predicted octanol–water partition coefficient (Wildman–Crippen LogP) is 1.10. The van der Waals surface area contributed by atoms with Crippen LogP contribution in [0.25, 0.3) is 0 Å². The monoisotopic (exact) mass is 303 g/mol. The SMILES string of the molecule is NC(=S)C1(NS(=O)(=O)c2cncc(F)c2)CCCC1. The van der Waals surface area contributed by atoms with Crippen LogP contribution in [-0.2, 0) is 10.0 Å². The summed E-state index contributed by atoms with van der Waals surface area (Å²) >= 11 is 4.97. The van der Waals surface area contributed by atoms with Gasteiger partial charge in [0.25, 0.3) is 0 Å². The number of nitrogens with zero attached hydrogens (tertiary/aromatic N) is 1. The third kappa shape index (κ3) is 2.90. The fourth-order valence-corrected chi connectivity index (χ4v) is 3.97. The molecular formula is C11H14FN3O2S2. The molecule has 1 fully saturated rings. The summed E-state index contributed by atoms with van der Waals surface area (Å²) in [4.78, 5) is 3.43. The van der Waals surface area contributed by atoms with Crippen LogP contribution in [-0.4, -0.2) is 23.9 Å². The Hall–Kier alpha value is -1.12. The zero-order chi connectivity index (χ0) is 14.1. The van der Waals surface area contributed by atoms with E-state index in [-0.39, 0.29) is 9.88 Å². The van der Waals surface area contributed by atoms with E-state index in [4.69, 9.17) is 18.0 Å². The second-order valence-corrected chi connectivity index (χ2v) is 6.72. The van der Waals surface area contributed by atoms with Crippen molar-refractivity contribution in [1.29, 1.82) is 0 Å². The highest BCUT2D eigenvalue weighted by Crippen LogP contribution is 2.31. The van der Waals surface area contributed by atoms with Crippen molar-refractivity contribution in [1.82, 2.24) is 9.71 Å². The summed E-state index contributed by atoms with van der Waals surface area (Å²) < 4.78 is 40.0. The first-order chi connectivity index (χ1) is 8.86. The number of aromatic nitrogens is 1. The van der Waals surface area contributed by atoms with E-state index in [9.17, 15) is 12.8 Å². The molecule has 0 atom stereocenters. The number of hydrogen-bond acceptors (Lipinski definition) is 4. The van der Waals surface area contributed by atoms with E-state index < -0.39 is 21.4 Å². The molecule has 1 aromatic heterocycles. The number of hydrogen-bond donors (Lipinski definition) is 2. The van der Waals surface area contributed by atoms with Gasteiger partial charge >= 0.3 is 0 Å². The molecule has 1 aliphatic carbocycles. The quantitative estimate of drug-likeness (QED) is 0.814. The van der Waals surface area contributed by atoms with Gasteiger partial charge in [-0.25, -0.2) is 12.8 Å². The lowest BCUT2D eigenvalue weighted by molar-refractivity contribution is 0.501. The Labute approximate surface area is 116 Å². The van der Waals surface area contributed by atoms with E-state index in [0.29, 0.717) is 12.8 Å². The van der Waals surface area contributed by atoms with Crippen molar-refractivity contribution >= 4 is 27.2 Å². The largest absolute Gasteiger partial charge is 0.392 e. The van der Waals surface area contributed by atoms with Gasteiger partial charge in [-0.15, -0.1) is 0 Å². The summed E-state index contributed by atoms with van der Waals surface area (Å²) in [5, 5.41) is 0. The summed E-state index contributed by atoms with van der Waals surface area (Å²) in [6.45, 7) is 0. The van der Waals surface area contributed by atoms with Crippen LogP contribution in [0.5, 0.6) is 0 Å². The molecule has 0 saturated heterocycles. The second kappa shape index (κ2) is 5.10. The molecule has 1 aromatic rings. The molecule has 8 heteroatoms. The van der Waals surface area contributed by atoms with Gasteiger partial charge in [-0.2, -0.15) is 4.72 Å². The van der Waals surface area contributed by atoms with Gasteiger partial charge in [0, 0.05) is 6.20 Å². The van der Waals surface area contributed by atoms with Gasteiger partial charge in [-0.1, -0.05) is 25.1 Å². The Morgan fingerprint density at radius 1 is 1.42 bits per heavy atom. The van der Waals surface area contributed by atoms with Crippen LogP contribution in [0.15, 0.2) is 23.4 Å². The fraction of sp³-hybridized carbons (Fsp3) is 0.455. The Morgan fingerprint density at radius 2 is 2.05 bits per heavy atom. The summed E-state index contributed by atoms with van der Waals surface area (Å²) in [6.07, 6.45) is 4.85. The molecule has 19 heavy (non-hydrogen) atoms. The van der Waals surface area contributed by atoms with Crippen LogP contribution < -0.4 is 10.5 Å². The lowest BCUT2D eigenvalue weighted by Gasteiger charge is -2.28. The zero-order valence-electron chi connectivity index (χ0n) is 10.1. The highest BCUT2D eigenvalue weighted by Gasteiger charge is 2.40. The van der Waals surface area contributed by atoms with E-state index in [1.165, 1.54) is 0 Å². The highest BCUT2D eigenvalue weighted by atomic mass is 32.2. The van der Waals surface area contributed by atoms with Crippen LogP contribution in [0, 0.1) is 5.82 Å². The first-order valence-corrected chi connectivity index (χ1v) is 7.69. The average molecular weight is 303 g/mol. The lowest BCUT2D eigenvalue weighted by atomic mass is 10.00. The number of sulfonamides is 1. The van der Waals surface area contributed by atoms with Crippen molar-refractivity contribution in [2.45, 2.75) is 36.1 Å². The average Bonchev–Trinajstić information content (AvgIpc) is 2.78. The molecule has 0 aromatic carbocycles. The minimum atomic E-state index is -3.89. The van der Waals surface area contributed by atoms with E-state index in [2.05, 4.69) is 9.71 Å². The smallest absolute Gasteiger partial charge is 0.243 e. The third-order valence-electron chi connectivity index (χ3n) is 3.25. The molecule has 104 valence electrons. The maximum Gasteiger partial charge on any atom is 0.243 e. The molecular weight excluding hydrogens is 289 g/mol. The topological polar surface area (TPSA) is 85.1 Å². The van der Waals surface area contributed by atoms with Crippen LogP contribution in [0.2, 0.25) is 0 Å². The first kappa shape index (κ1) is 14.3. The Balaban J connectivity index is 2.33. The molecule has 3 N–H and O–H groups in total. The summed E-state index contributed by atoms with van der Waals surface area (Å²) in [7, 11) is -3.89. The number of rotatable bonds is 4. The van der Waals surface area contributed by atoms with E-state index in [0.717, 1.165) is 31.3 Å². The zero-order valence-corrected chi connectivity index (χ0v) is 11.7. The Morgan fingerprint density at radius 3 is 2.58 bits per heavy atom. The maximum absolute atomic E-state index is 13.1. The van der Waals surface area contributed by atoms with Crippen molar-refractivity contribution in [3.63, 3.8) is 0 Å². The van der Waals surface area contributed by atoms with Crippen LogP contribution in [0.1, 0.15) is 25.7 Å². The predicted molar refractivity (Wildman–Crippen MR) is 72.5 cm³/mol. The number of pyridine rings is 1. The second-order valence-electron chi connectivity index (χ2n) is 4.60. The van der Waals surface area contributed by atoms with Crippen LogP contribution in [0.4, 0.5) is 4.39 Å². The molecule has 0 amide bonds. The van der Waals surface area contributed by atoms with Gasteiger partial charge in [-0.05, 0) is 18.9 Å². The van der Waals surface area contributed by atoms with Crippen molar-refractivity contribution in [2.75, 3.05) is 0 Å². The van der Waals surface area contributed by atoms with Gasteiger partial charge in [0.05, 0.1) is 16.7 Å². The molecule has 1 saturated carbocycles. The molecule has 0 unspecified atom stereocenters. The minimum absolute atomic E-state index is 0.123. The number of thiocarbonyl (C=S) groups is 1. The van der Waals surface area contributed by atoms with E-state index in [1.54, 1.807) is 0 Å². The summed E-state index contributed by atoms with van der Waals surface area (Å²) in [6, 6.07) is 0.914. The van der Waals surface area contributed by atoms with Crippen LogP contribution in [0.3, 0.4) is 0 Å².